The summed E-state index contributed by atoms with van der Waals surface area (Å²) in [5.41, 5.74) is 6.70. The fraction of sp³-hybridized carbons (Fsp3) is 0.562. The Morgan fingerprint density at radius 1 is 1.30 bits per heavy atom. The lowest BCUT2D eigenvalue weighted by molar-refractivity contribution is -0.150. The molecule has 128 valence electrons. The van der Waals surface area contributed by atoms with Gasteiger partial charge in [0.15, 0.2) is 0 Å². The first-order chi connectivity index (χ1) is 10.7. The van der Waals surface area contributed by atoms with Crippen LogP contribution in [0.2, 0.25) is 0 Å². The van der Waals surface area contributed by atoms with E-state index in [-0.39, 0.29) is 36.6 Å². The van der Waals surface area contributed by atoms with E-state index < -0.39 is 0 Å². The monoisotopic (exact) mass is 404 g/mol. The smallest absolute Gasteiger partial charge is 0.251 e. The predicted molar refractivity (Wildman–Crippen MR) is 93.6 cm³/mol. The Kier molecular flexibility index (Phi) is 6.85. The van der Waals surface area contributed by atoms with Crippen molar-refractivity contribution in [3.8, 4) is 0 Å². The average molecular weight is 406 g/mol. The van der Waals surface area contributed by atoms with Crippen molar-refractivity contribution in [2.45, 2.75) is 31.2 Å². The van der Waals surface area contributed by atoms with Crippen molar-refractivity contribution in [1.82, 2.24) is 4.90 Å². The van der Waals surface area contributed by atoms with Crippen LogP contribution in [0.25, 0.3) is 0 Å². The molecule has 0 aliphatic carbocycles. The molecule has 2 aliphatic heterocycles. The summed E-state index contributed by atoms with van der Waals surface area (Å²) in [6.07, 6.45) is 1.25. The number of morpholine rings is 1. The van der Waals surface area contributed by atoms with Crippen LogP contribution in [0, 0.1) is 0 Å². The maximum Gasteiger partial charge on any atom is 0.251 e. The van der Waals surface area contributed by atoms with Gasteiger partial charge in [0.25, 0.3) is 5.91 Å². The number of hydrogen-bond acceptors (Lipinski definition) is 4. The number of amides is 1. The quantitative estimate of drug-likeness (QED) is 0.838. The third-order valence-electron chi connectivity index (χ3n) is 4.27. The first-order valence-corrected chi connectivity index (χ1v) is 8.48. The predicted octanol–water partition coefficient (Wildman–Crippen LogP) is 2.28. The minimum atomic E-state index is -0.336. The lowest BCUT2D eigenvalue weighted by atomic mass is 10.1. The molecule has 0 bridgehead atoms. The molecule has 3 atom stereocenters. The molecule has 1 aromatic carbocycles. The van der Waals surface area contributed by atoms with Crippen LogP contribution in [0.5, 0.6) is 0 Å². The number of ether oxygens (including phenoxy) is 2. The van der Waals surface area contributed by atoms with Crippen LogP contribution in [-0.4, -0.2) is 49.3 Å². The van der Waals surface area contributed by atoms with Gasteiger partial charge in [0, 0.05) is 17.6 Å². The van der Waals surface area contributed by atoms with Crippen molar-refractivity contribution in [3.05, 3.63) is 34.3 Å². The molecule has 7 heteroatoms. The van der Waals surface area contributed by atoms with Gasteiger partial charge in [-0.15, -0.1) is 12.4 Å². The summed E-state index contributed by atoms with van der Waals surface area (Å²) in [7, 11) is 0. The van der Waals surface area contributed by atoms with Crippen molar-refractivity contribution in [3.63, 3.8) is 0 Å². The van der Waals surface area contributed by atoms with Crippen LogP contribution in [0.15, 0.2) is 28.7 Å². The maximum absolute atomic E-state index is 12.6. The minimum absolute atomic E-state index is 0. The molecule has 2 heterocycles. The summed E-state index contributed by atoms with van der Waals surface area (Å²) < 4.78 is 12.6. The van der Waals surface area contributed by atoms with Crippen LogP contribution in [0.4, 0.5) is 0 Å². The molecule has 3 rings (SSSR count). The van der Waals surface area contributed by atoms with E-state index >= 15 is 0 Å². The van der Waals surface area contributed by atoms with Crippen molar-refractivity contribution < 1.29 is 14.3 Å². The van der Waals surface area contributed by atoms with E-state index in [0.29, 0.717) is 26.2 Å². The number of nitrogens with two attached hydrogens (primary N) is 1. The highest BCUT2D eigenvalue weighted by molar-refractivity contribution is 9.10. The first kappa shape index (κ1) is 18.7. The summed E-state index contributed by atoms with van der Waals surface area (Å²) in [6.45, 7) is 2.24. The van der Waals surface area contributed by atoms with Crippen LogP contribution in [-0.2, 0) is 14.3 Å². The zero-order valence-corrected chi connectivity index (χ0v) is 15.2. The van der Waals surface area contributed by atoms with Gasteiger partial charge in [-0.3, -0.25) is 4.79 Å². The SMILES string of the molecule is Cl.NC[C@H]1CC[C@@H](C(=O)N2CCOC(c3ccc(Br)cc3)C2)O1. The molecular weight excluding hydrogens is 384 g/mol. The first-order valence-electron chi connectivity index (χ1n) is 7.68. The van der Waals surface area contributed by atoms with Gasteiger partial charge in [-0.05, 0) is 30.5 Å². The molecule has 1 unspecified atom stereocenters. The number of hydrogen-bond donors (Lipinski definition) is 1. The number of carbonyl (C=O) groups is 1. The molecule has 0 saturated carbocycles. The summed E-state index contributed by atoms with van der Waals surface area (Å²) >= 11 is 3.43. The van der Waals surface area contributed by atoms with Gasteiger partial charge >= 0.3 is 0 Å². The van der Waals surface area contributed by atoms with E-state index in [1.807, 2.05) is 29.2 Å². The Morgan fingerprint density at radius 2 is 2.04 bits per heavy atom. The van der Waals surface area contributed by atoms with Crippen molar-refractivity contribution in [2.75, 3.05) is 26.2 Å². The third kappa shape index (κ3) is 4.45. The Hall–Kier alpha value is -0.660. The number of carbonyl (C=O) groups excluding carboxylic acids is 1. The highest BCUT2D eigenvalue weighted by Gasteiger charge is 2.35. The minimum Gasteiger partial charge on any atom is -0.370 e. The molecule has 0 radical (unpaired) electrons. The molecular formula is C16H22BrClN2O3. The molecule has 0 spiro atoms. The number of halogens is 2. The van der Waals surface area contributed by atoms with E-state index in [4.69, 9.17) is 15.2 Å². The van der Waals surface area contributed by atoms with Gasteiger partial charge < -0.3 is 20.1 Å². The van der Waals surface area contributed by atoms with E-state index in [0.717, 1.165) is 22.9 Å². The van der Waals surface area contributed by atoms with Crippen molar-refractivity contribution in [2.24, 2.45) is 5.73 Å². The Bertz CT molecular complexity index is 529. The van der Waals surface area contributed by atoms with Gasteiger partial charge in [-0.1, -0.05) is 28.1 Å². The van der Waals surface area contributed by atoms with Gasteiger partial charge in [-0.25, -0.2) is 0 Å². The molecule has 1 aromatic rings. The van der Waals surface area contributed by atoms with Crippen LogP contribution in [0.3, 0.4) is 0 Å². The van der Waals surface area contributed by atoms with Gasteiger partial charge in [0.2, 0.25) is 0 Å². The molecule has 23 heavy (non-hydrogen) atoms. The van der Waals surface area contributed by atoms with E-state index in [2.05, 4.69) is 15.9 Å². The van der Waals surface area contributed by atoms with E-state index in [1.165, 1.54) is 0 Å². The standard InChI is InChI=1S/C16H21BrN2O3.ClH/c17-12-3-1-11(2-4-12)15-10-19(7-8-21-15)16(20)14-6-5-13(9-18)22-14;/h1-4,13-15H,5-10,18H2;1H/t13-,14+,15?;/m1./s1. The van der Waals surface area contributed by atoms with E-state index in [1.54, 1.807) is 0 Å². The third-order valence-corrected chi connectivity index (χ3v) is 4.79. The molecule has 1 amide bonds. The lowest BCUT2D eigenvalue weighted by Crippen LogP contribution is -2.46. The molecule has 0 aromatic heterocycles. The maximum atomic E-state index is 12.6. The molecule has 2 aliphatic rings. The molecule has 2 N–H and O–H groups in total. The van der Waals surface area contributed by atoms with Crippen LogP contribution < -0.4 is 5.73 Å². The zero-order valence-electron chi connectivity index (χ0n) is 12.8. The molecule has 2 fully saturated rings. The normalized spacial score (nSPS) is 27.6. The summed E-state index contributed by atoms with van der Waals surface area (Å²) in [6, 6.07) is 8.04. The lowest BCUT2D eigenvalue weighted by Gasteiger charge is -2.34. The Labute approximate surface area is 151 Å². The Balaban J connectivity index is 0.00000192. The summed E-state index contributed by atoms with van der Waals surface area (Å²) in [5.74, 6) is 0.0707. The second kappa shape index (κ2) is 8.44. The second-order valence-corrected chi connectivity index (χ2v) is 6.67. The van der Waals surface area contributed by atoms with Crippen LogP contribution >= 0.6 is 28.3 Å². The molecule has 5 nitrogen and oxygen atoms in total. The Morgan fingerprint density at radius 3 is 2.70 bits per heavy atom. The van der Waals surface area contributed by atoms with Gasteiger partial charge in [-0.2, -0.15) is 0 Å². The second-order valence-electron chi connectivity index (χ2n) is 5.76. The number of benzene rings is 1. The van der Waals surface area contributed by atoms with E-state index in [9.17, 15) is 4.79 Å². The summed E-state index contributed by atoms with van der Waals surface area (Å²) in [5, 5.41) is 0. The fourth-order valence-electron chi connectivity index (χ4n) is 2.99. The fourth-order valence-corrected chi connectivity index (χ4v) is 3.26. The number of rotatable bonds is 3. The topological polar surface area (TPSA) is 64.8 Å². The zero-order chi connectivity index (χ0) is 15.5. The molecule has 2 saturated heterocycles. The number of nitrogens with zero attached hydrogens (tertiary/aromatic N) is 1. The van der Waals surface area contributed by atoms with Crippen LogP contribution in [0.1, 0.15) is 24.5 Å². The van der Waals surface area contributed by atoms with Crippen molar-refractivity contribution in [1.29, 1.82) is 0 Å². The summed E-state index contributed by atoms with van der Waals surface area (Å²) in [4.78, 5) is 14.5. The highest BCUT2D eigenvalue weighted by atomic mass is 79.9. The average Bonchev–Trinajstić information content (AvgIpc) is 3.04. The largest absolute Gasteiger partial charge is 0.370 e. The van der Waals surface area contributed by atoms with Crippen molar-refractivity contribution >= 4 is 34.2 Å². The highest BCUT2D eigenvalue weighted by Crippen LogP contribution is 2.26. The van der Waals surface area contributed by atoms with Gasteiger partial charge in [0.05, 0.1) is 19.3 Å². The van der Waals surface area contributed by atoms with Gasteiger partial charge in [0.1, 0.15) is 12.2 Å².